The molecule has 0 radical (unpaired) electrons. The first-order valence-electron chi connectivity index (χ1n) is 11.5. The quantitative estimate of drug-likeness (QED) is 0.627. The molecule has 1 aliphatic carbocycles. The molecule has 1 atom stereocenters. The molecule has 6 heteroatoms. The summed E-state index contributed by atoms with van der Waals surface area (Å²) in [7, 11) is 0. The van der Waals surface area contributed by atoms with Gasteiger partial charge in [-0.1, -0.05) is 55.8 Å². The van der Waals surface area contributed by atoms with Crippen LogP contribution in [0.5, 0.6) is 5.75 Å². The van der Waals surface area contributed by atoms with Crippen LogP contribution in [0, 0.1) is 5.92 Å². The van der Waals surface area contributed by atoms with Crippen LogP contribution in [-0.4, -0.2) is 34.2 Å². The van der Waals surface area contributed by atoms with Crippen LogP contribution < -0.4 is 4.74 Å². The summed E-state index contributed by atoms with van der Waals surface area (Å²) in [6.45, 7) is 0.421. The summed E-state index contributed by atoms with van der Waals surface area (Å²) in [4.78, 5) is 33.0. The van der Waals surface area contributed by atoms with Crippen molar-refractivity contribution in [3.8, 4) is 5.75 Å². The Labute approximate surface area is 193 Å². The van der Waals surface area contributed by atoms with Gasteiger partial charge in [-0.25, -0.2) is 0 Å². The molecule has 5 nitrogen and oxygen atoms in total. The Kier molecular flexibility index (Phi) is 6.01. The van der Waals surface area contributed by atoms with Gasteiger partial charge in [0.15, 0.2) is 11.5 Å². The maximum atomic E-state index is 13.5. The second-order valence-corrected chi connectivity index (χ2v) is 9.49. The molecule has 1 saturated carbocycles. The molecule has 2 aromatic rings. The molecule has 3 heterocycles. The van der Waals surface area contributed by atoms with Gasteiger partial charge in [-0.3, -0.25) is 14.6 Å². The van der Waals surface area contributed by atoms with Crippen molar-refractivity contribution >= 4 is 23.3 Å². The van der Waals surface area contributed by atoms with E-state index in [4.69, 9.17) is 16.3 Å². The molecular weight excluding hydrogens is 424 g/mol. The van der Waals surface area contributed by atoms with Crippen molar-refractivity contribution < 1.29 is 14.3 Å². The summed E-state index contributed by atoms with van der Waals surface area (Å²) < 4.78 is 6.00. The van der Waals surface area contributed by atoms with E-state index in [9.17, 15) is 9.59 Å². The molecule has 1 fully saturated rings. The molecule has 5 rings (SSSR count). The van der Waals surface area contributed by atoms with Crippen LogP contribution >= 0.6 is 11.6 Å². The molecule has 1 aromatic heterocycles. The minimum absolute atomic E-state index is 0.0537. The van der Waals surface area contributed by atoms with Crippen molar-refractivity contribution in [2.75, 3.05) is 6.54 Å². The Morgan fingerprint density at radius 3 is 2.78 bits per heavy atom. The second kappa shape index (κ2) is 9.07. The monoisotopic (exact) mass is 450 g/mol. The lowest BCUT2D eigenvalue weighted by molar-refractivity contribution is -0.136. The van der Waals surface area contributed by atoms with E-state index in [1.165, 1.54) is 19.3 Å². The van der Waals surface area contributed by atoms with Gasteiger partial charge in [-0.15, -0.1) is 0 Å². The highest BCUT2D eigenvalue weighted by Gasteiger charge is 2.42. The predicted molar refractivity (Wildman–Crippen MR) is 122 cm³/mol. The van der Waals surface area contributed by atoms with Crippen LogP contribution in [-0.2, 0) is 22.4 Å². The van der Waals surface area contributed by atoms with E-state index in [1.807, 2.05) is 36.4 Å². The zero-order chi connectivity index (χ0) is 22.1. The summed E-state index contributed by atoms with van der Waals surface area (Å²) in [5, 5.41) is 0.643. The van der Waals surface area contributed by atoms with Crippen molar-refractivity contribution in [2.45, 2.75) is 57.4 Å². The molecular formula is C26H27ClN2O3. The smallest absolute Gasteiger partial charge is 0.290 e. The van der Waals surface area contributed by atoms with Crippen LogP contribution in [0.2, 0.25) is 5.02 Å². The van der Waals surface area contributed by atoms with Crippen molar-refractivity contribution in [3.05, 3.63) is 70.2 Å². The minimum atomic E-state index is -0.458. The Morgan fingerprint density at radius 1 is 1.16 bits per heavy atom. The fraction of sp³-hybridized carbons (Fsp3) is 0.423. The molecule has 166 valence electrons. The molecule has 0 bridgehead atoms. The van der Waals surface area contributed by atoms with Crippen molar-refractivity contribution in [1.82, 2.24) is 9.88 Å². The summed E-state index contributed by atoms with van der Waals surface area (Å²) in [6, 6.07) is 10.6. The SMILES string of the molecule is O=C(Cc1ccccn1)[C@H](CC1CCCCC1)N1CC2=C(Oc3cccc(Cl)c3C2)C1=O. The van der Waals surface area contributed by atoms with E-state index in [2.05, 4.69) is 4.98 Å². The van der Waals surface area contributed by atoms with Gasteiger partial charge in [-0.2, -0.15) is 0 Å². The minimum Gasteiger partial charge on any atom is -0.451 e. The summed E-state index contributed by atoms with van der Waals surface area (Å²) in [5.41, 5.74) is 2.56. The number of benzene rings is 1. The number of hydrogen-bond acceptors (Lipinski definition) is 4. The zero-order valence-corrected chi connectivity index (χ0v) is 18.8. The maximum absolute atomic E-state index is 13.5. The molecule has 0 saturated heterocycles. The molecule has 3 aliphatic rings. The van der Waals surface area contributed by atoms with Crippen molar-refractivity contribution in [3.63, 3.8) is 0 Å². The molecule has 0 spiro atoms. The second-order valence-electron chi connectivity index (χ2n) is 9.08. The number of carbonyl (C=O) groups is 2. The molecule has 1 amide bonds. The van der Waals surface area contributed by atoms with Crippen LogP contribution in [0.4, 0.5) is 0 Å². The lowest BCUT2D eigenvalue weighted by Gasteiger charge is -2.32. The van der Waals surface area contributed by atoms with Gasteiger partial charge in [0.1, 0.15) is 5.75 Å². The highest BCUT2D eigenvalue weighted by molar-refractivity contribution is 6.31. The van der Waals surface area contributed by atoms with E-state index in [0.29, 0.717) is 41.8 Å². The number of Topliss-reactive ketones (excluding diaryl/α,β-unsaturated/α-hetero) is 1. The number of fused-ring (bicyclic) bond motifs is 1. The van der Waals surface area contributed by atoms with Gasteiger partial charge in [0.05, 0.1) is 12.5 Å². The van der Waals surface area contributed by atoms with Crippen LogP contribution in [0.1, 0.15) is 49.8 Å². The van der Waals surface area contributed by atoms with E-state index in [1.54, 1.807) is 11.1 Å². The Bertz CT molecular complexity index is 1060. The Hall–Kier alpha value is -2.66. The van der Waals surface area contributed by atoms with E-state index in [0.717, 1.165) is 29.7 Å². The summed E-state index contributed by atoms with van der Waals surface area (Å²) >= 11 is 6.38. The van der Waals surface area contributed by atoms with Gasteiger partial charge >= 0.3 is 0 Å². The van der Waals surface area contributed by atoms with Gasteiger partial charge in [-0.05, 0) is 36.6 Å². The molecule has 0 unspecified atom stereocenters. The molecule has 2 aliphatic heterocycles. The first-order chi connectivity index (χ1) is 15.6. The average Bonchev–Trinajstić information content (AvgIpc) is 3.13. The zero-order valence-electron chi connectivity index (χ0n) is 18.1. The summed E-state index contributed by atoms with van der Waals surface area (Å²) in [5.74, 6) is 1.35. The Balaban J connectivity index is 1.38. The number of carbonyl (C=O) groups excluding carboxylic acids is 2. The number of halogens is 1. The largest absolute Gasteiger partial charge is 0.451 e. The van der Waals surface area contributed by atoms with Gasteiger partial charge < -0.3 is 9.64 Å². The number of amides is 1. The maximum Gasteiger partial charge on any atom is 0.290 e. The van der Waals surface area contributed by atoms with Crippen molar-refractivity contribution in [1.29, 1.82) is 0 Å². The number of aromatic nitrogens is 1. The number of hydrogen-bond donors (Lipinski definition) is 0. The number of pyridine rings is 1. The van der Waals surface area contributed by atoms with E-state index in [-0.39, 0.29) is 18.1 Å². The third-order valence-corrected chi connectivity index (χ3v) is 7.28. The fourth-order valence-corrected chi connectivity index (χ4v) is 5.47. The fourth-order valence-electron chi connectivity index (χ4n) is 5.23. The van der Waals surface area contributed by atoms with Crippen LogP contribution in [0.3, 0.4) is 0 Å². The first kappa shape index (κ1) is 21.2. The van der Waals surface area contributed by atoms with Crippen LogP contribution in [0.25, 0.3) is 0 Å². The number of nitrogens with zero attached hydrogens (tertiary/aromatic N) is 2. The van der Waals surface area contributed by atoms with Gasteiger partial charge in [0.25, 0.3) is 5.91 Å². The summed E-state index contributed by atoms with van der Waals surface area (Å²) in [6.07, 6.45) is 9.14. The van der Waals surface area contributed by atoms with Crippen molar-refractivity contribution in [2.24, 2.45) is 5.92 Å². The topological polar surface area (TPSA) is 59.5 Å². The van der Waals surface area contributed by atoms with E-state index >= 15 is 0 Å². The standard InChI is InChI=1S/C26H27ClN2O3/c27-21-10-6-11-24-20(21)14-18-16-29(26(31)25(18)32-24)22(13-17-7-2-1-3-8-17)23(30)15-19-9-4-5-12-28-19/h4-6,9-12,17,22H,1-3,7-8,13-16H2/t22-/m0/s1. The molecule has 0 N–H and O–H groups in total. The first-order valence-corrected chi connectivity index (χ1v) is 11.9. The third kappa shape index (κ3) is 4.18. The van der Waals surface area contributed by atoms with Crippen LogP contribution in [0.15, 0.2) is 53.9 Å². The lowest BCUT2D eigenvalue weighted by Crippen LogP contribution is -2.45. The number of ketones is 1. The average molecular weight is 451 g/mol. The lowest BCUT2D eigenvalue weighted by atomic mass is 9.83. The predicted octanol–water partition coefficient (Wildman–Crippen LogP) is 4.92. The highest BCUT2D eigenvalue weighted by atomic mass is 35.5. The molecule has 1 aromatic carbocycles. The molecule has 32 heavy (non-hydrogen) atoms. The van der Waals surface area contributed by atoms with E-state index < -0.39 is 6.04 Å². The third-order valence-electron chi connectivity index (χ3n) is 6.93. The highest BCUT2D eigenvalue weighted by Crippen LogP contribution is 2.39. The van der Waals surface area contributed by atoms with Gasteiger partial charge in [0.2, 0.25) is 0 Å². The van der Waals surface area contributed by atoms with Gasteiger partial charge in [0, 0.05) is 41.0 Å². The Morgan fingerprint density at radius 2 is 2.00 bits per heavy atom. The number of rotatable bonds is 6. The normalized spacial score (nSPS) is 19.4. The number of ether oxygens (including phenoxy) is 1.